The highest BCUT2D eigenvalue weighted by Crippen LogP contribution is 2.58. The van der Waals surface area contributed by atoms with Gasteiger partial charge in [-0.05, 0) is 61.6 Å². The van der Waals surface area contributed by atoms with Crippen LogP contribution in [0.1, 0.15) is 103 Å². The molecule has 0 spiro atoms. The largest absolute Gasteiger partial charge is 0.372 e. The number of anilines is 1. The quantitative estimate of drug-likeness (QED) is 0.215. The Kier molecular flexibility index (Phi) is 15.1. The first kappa shape index (κ1) is 34.7. The highest BCUT2D eigenvalue weighted by Gasteiger charge is 2.47. The molecule has 4 aromatic carbocycles. The van der Waals surface area contributed by atoms with Crippen LogP contribution in [-0.2, 0) is 5.41 Å². The van der Waals surface area contributed by atoms with E-state index in [9.17, 15) is 0 Å². The maximum absolute atomic E-state index is 2.48. The lowest BCUT2D eigenvalue weighted by atomic mass is 9.67. The van der Waals surface area contributed by atoms with E-state index in [0.29, 0.717) is 0 Å². The van der Waals surface area contributed by atoms with Gasteiger partial charge in [-0.15, -0.1) is 0 Å². The standard InChI is InChI=1S/C31H31N.4C2H6/c1-5-32(6-2)29-13-9-12-28-30(29)26-10-7-8-11-27(26)31(28,24-18-14-22(3)15-19-24)25-20-16-23(4)17-21-25;4*1-2/h7-21H,5-6H2,1-4H3;4*1-2H3. The minimum absolute atomic E-state index is 0.323. The summed E-state index contributed by atoms with van der Waals surface area (Å²) in [5.41, 5.74) is 11.7. The lowest BCUT2D eigenvalue weighted by Crippen LogP contribution is -2.29. The number of hydrogen-bond donors (Lipinski definition) is 0. The lowest BCUT2D eigenvalue weighted by molar-refractivity contribution is 0.766. The molecule has 0 saturated carbocycles. The molecule has 0 heterocycles. The normalized spacial score (nSPS) is 11.4. The minimum Gasteiger partial charge on any atom is -0.372 e. The van der Waals surface area contributed by atoms with Crippen molar-refractivity contribution in [3.05, 3.63) is 124 Å². The first-order valence-corrected chi connectivity index (χ1v) is 15.7. The van der Waals surface area contributed by atoms with E-state index in [1.807, 2.05) is 55.4 Å². The number of rotatable bonds is 5. The summed E-state index contributed by atoms with van der Waals surface area (Å²) in [6.45, 7) is 26.8. The summed E-state index contributed by atoms with van der Waals surface area (Å²) in [5, 5.41) is 0. The summed E-state index contributed by atoms with van der Waals surface area (Å²) in [4.78, 5) is 2.48. The molecule has 0 unspecified atom stereocenters. The van der Waals surface area contributed by atoms with E-state index < -0.39 is 0 Å². The second kappa shape index (κ2) is 17.4. The highest BCUT2D eigenvalue weighted by molar-refractivity contribution is 5.93. The van der Waals surface area contributed by atoms with Gasteiger partial charge in [-0.25, -0.2) is 0 Å². The Balaban J connectivity index is 0.000000921. The third kappa shape index (κ3) is 6.52. The maximum atomic E-state index is 2.48. The predicted octanol–water partition coefficient (Wildman–Crippen LogP) is 11.6. The second-order valence-electron chi connectivity index (χ2n) is 8.90. The molecule has 0 aliphatic heterocycles. The maximum Gasteiger partial charge on any atom is 0.0714 e. The summed E-state index contributed by atoms with van der Waals surface area (Å²) < 4.78 is 0. The van der Waals surface area contributed by atoms with Crippen LogP contribution in [0.3, 0.4) is 0 Å². The van der Waals surface area contributed by atoms with E-state index in [4.69, 9.17) is 0 Å². The molecule has 216 valence electrons. The summed E-state index contributed by atoms with van der Waals surface area (Å²) in [6, 6.07) is 34.2. The molecule has 0 atom stereocenters. The third-order valence-electron chi connectivity index (χ3n) is 7.12. The summed E-state index contributed by atoms with van der Waals surface area (Å²) in [7, 11) is 0. The van der Waals surface area contributed by atoms with Gasteiger partial charge in [0.15, 0.2) is 0 Å². The number of nitrogens with zero attached hydrogens (tertiary/aromatic N) is 1. The van der Waals surface area contributed by atoms with Crippen LogP contribution in [0.2, 0.25) is 0 Å². The molecule has 0 aromatic heterocycles. The molecule has 1 heteroatoms. The molecular formula is C39H55N. The summed E-state index contributed by atoms with van der Waals surface area (Å²) in [6.07, 6.45) is 0. The summed E-state index contributed by atoms with van der Waals surface area (Å²) >= 11 is 0. The van der Waals surface area contributed by atoms with Crippen LogP contribution < -0.4 is 4.90 Å². The van der Waals surface area contributed by atoms with Crippen LogP contribution in [-0.4, -0.2) is 13.1 Å². The molecule has 40 heavy (non-hydrogen) atoms. The Labute approximate surface area is 247 Å². The van der Waals surface area contributed by atoms with Crippen LogP contribution in [0.25, 0.3) is 11.1 Å². The molecule has 0 N–H and O–H groups in total. The topological polar surface area (TPSA) is 3.24 Å². The fraction of sp³-hybridized carbons (Fsp3) is 0.385. The van der Waals surface area contributed by atoms with Crippen molar-refractivity contribution < 1.29 is 0 Å². The van der Waals surface area contributed by atoms with Gasteiger partial charge in [-0.3, -0.25) is 0 Å². The average Bonchev–Trinajstić information content (AvgIpc) is 3.34. The van der Waals surface area contributed by atoms with Crippen LogP contribution >= 0.6 is 0 Å². The molecule has 1 nitrogen and oxygen atoms in total. The van der Waals surface area contributed by atoms with Crippen molar-refractivity contribution in [3.63, 3.8) is 0 Å². The van der Waals surface area contributed by atoms with E-state index in [0.717, 1.165) is 13.1 Å². The van der Waals surface area contributed by atoms with Gasteiger partial charge in [0, 0.05) is 24.3 Å². The van der Waals surface area contributed by atoms with Gasteiger partial charge in [0.2, 0.25) is 0 Å². The summed E-state index contributed by atoms with van der Waals surface area (Å²) in [5.74, 6) is 0. The van der Waals surface area contributed by atoms with E-state index in [-0.39, 0.29) is 5.41 Å². The van der Waals surface area contributed by atoms with Gasteiger partial charge in [-0.1, -0.05) is 151 Å². The van der Waals surface area contributed by atoms with E-state index in [1.54, 1.807) is 0 Å². The Hall–Kier alpha value is -3.32. The van der Waals surface area contributed by atoms with Gasteiger partial charge in [0.25, 0.3) is 0 Å². The predicted molar refractivity (Wildman–Crippen MR) is 182 cm³/mol. The Bertz CT molecular complexity index is 1200. The number of fused-ring (bicyclic) bond motifs is 3. The van der Waals surface area contributed by atoms with Gasteiger partial charge < -0.3 is 4.90 Å². The molecule has 5 rings (SSSR count). The zero-order valence-electron chi connectivity index (χ0n) is 27.5. The number of benzene rings is 4. The molecule has 4 aromatic rings. The monoisotopic (exact) mass is 537 g/mol. The Morgan fingerprint density at radius 3 is 1.38 bits per heavy atom. The van der Waals surface area contributed by atoms with Gasteiger partial charge in [-0.2, -0.15) is 0 Å². The second-order valence-corrected chi connectivity index (χ2v) is 8.90. The van der Waals surface area contributed by atoms with Crippen molar-refractivity contribution in [3.8, 4) is 11.1 Å². The molecular weight excluding hydrogens is 482 g/mol. The van der Waals surface area contributed by atoms with Crippen molar-refractivity contribution in [1.82, 2.24) is 0 Å². The first-order valence-electron chi connectivity index (χ1n) is 15.7. The average molecular weight is 538 g/mol. The number of aryl methyl sites for hydroxylation is 2. The molecule has 1 aliphatic rings. The van der Waals surface area contributed by atoms with E-state index in [1.165, 1.54) is 50.2 Å². The molecule has 0 amide bonds. The fourth-order valence-electron chi connectivity index (χ4n) is 5.53. The Morgan fingerprint density at radius 1 is 0.500 bits per heavy atom. The van der Waals surface area contributed by atoms with E-state index in [2.05, 4.69) is 124 Å². The van der Waals surface area contributed by atoms with Crippen molar-refractivity contribution in [1.29, 1.82) is 0 Å². The van der Waals surface area contributed by atoms with Crippen molar-refractivity contribution in [2.24, 2.45) is 0 Å². The minimum atomic E-state index is -0.323. The van der Waals surface area contributed by atoms with Gasteiger partial charge in [0.1, 0.15) is 0 Å². The van der Waals surface area contributed by atoms with Crippen LogP contribution in [0.15, 0.2) is 91.0 Å². The fourth-order valence-corrected chi connectivity index (χ4v) is 5.53. The molecule has 0 radical (unpaired) electrons. The number of hydrogen-bond acceptors (Lipinski definition) is 1. The molecule has 1 aliphatic carbocycles. The zero-order chi connectivity index (χ0) is 30.3. The SMILES string of the molecule is CC.CC.CC.CC.CCN(CC)c1cccc2c1-c1ccccc1C2(c1ccc(C)cc1)c1ccc(C)cc1. The van der Waals surface area contributed by atoms with Gasteiger partial charge in [0.05, 0.1) is 5.41 Å². The lowest BCUT2D eigenvalue weighted by Gasteiger charge is -2.34. The van der Waals surface area contributed by atoms with Crippen molar-refractivity contribution in [2.75, 3.05) is 18.0 Å². The van der Waals surface area contributed by atoms with Crippen LogP contribution in [0.5, 0.6) is 0 Å². The zero-order valence-corrected chi connectivity index (χ0v) is 27.5. The van der Waals surface area contributed by atoms with Crippen LogP contribution in [0, 0.1) is 13.8 Å². The van der Waals surface area contributed by atoms with Gasteiger partial charge >= 0.3 is 0 Å². The molecule has 0 bridgehead atoms. The molecule has 0 fully saturated rings. The van der Waals surface area contributed by atoms with E-state index >= 15 is 0 Å². The van der Waals surface area contributed by atoms with Crippen molar-refractivity contribution >= 4 is 5.69 Å². The third-order valence-corrected chi connectivity index (χ3v) is 7.12. The van der Waals surface area contributed by atoms with Crippen LogP contribution in [0.4, 0.5) is 5.69 Å². The Morgan fingerprint density at radius 2 is 0.925 bits per heavy atom. The highest BCUT2D eigenvalue weighted by atomic mass is 15.1. The van der Waals surface area contributed by atoms with Crippen molar-refractivity contribution in [2.45, 2.75) is 88.5 Å². The first-order chi connectivity index (χ1) is 19.6. The molecule has 0 saturated heterocycles. The smallest absolute Gasteiger partial charge is 0.0714 e.